The van der Waals surface area contributed by atoms with Crippen molar-refractivity contribution in [1.82, 2.24) is 14.5 Å². The van der Waals surface area contributed by atoms with E-state index in [-0.39, 0.29) is 10.7 Å². The molecule has 1 aromatic carbocycles. The minimum absolute atomic E-state index is 0.0223. The van der Waals surface area contributed by atoms with Crippen LogP contribution in [-0.2, 0) is 10.0 Å². The zero-order valence-corrected chi connectivity index (χ0v) is 12.9. The van der Waals surface area contributed by atoms with Gasteiger partial charge < -0.3 is 10.5 Å². The smallest absolute Gasteiger partial charge is 0.248 e. The van der Waals surface area contributed by atoms with Gasteiger partial charge in [-0.1, -0.05) is 18.2 Å². The zero-order chi connectivity index (χ0) is 15.6. The minimum atomic E-state index is -3.74. The molecule has 0 radical (unpaired) electrons. The number of sulfonamides is 1. The van der Waals surface area contributed by atoms with Gasteiger partial charge in [-0.05, 0) is 13.0 Å². The number of aromatic nitrogens is 2. The summed E-state index contributed by atoms with van der Waals surface area (Å²) in [5.41, 5.74) is 6.38. The maximum atomic E-state index is 12.6. The number of hydrogen-bond donors (Lipinski definition) is 2. The van der Waals surface area contributed by atoms with E-state index in [1.54, 1.807) is 20.1 Å². The van der Waals surface area contributed by atoms with Crippen LogP contribution >= 0.6 is 0 Å². The molecule has 114 valence electrons. The van der Waals surface area contributed by atoms with E-state index in [1.165, 1.54) is 17.5 Å². The van der Waals surface area contributed by atoms with E-state index in [0.717, 1.165) is 5.56 Å². The summed E-state index contributed by atoms with van der Waals surface area (Å²) in [6.07, 6.45) is 1.20. The summed E-state index contributed by atoms with van der Waals surface area (Å²) in [7, 11) is -0.691. The van der Waals surface area contributed by atoms with Gasteiger partial charge in [0.05, 0.1) is 19.3 Å². The summed E-state index contributed by atoms with van der Waals surface area (Å²) in [6.45, 7) is 1.78. The van der Waals surface area contributed by atoms with Gasteiger partial charge in [0.15, 0.2) is 0 Å². The number of H-pyrrole nitrogens is 1. The molecule has 7 nitrogen and oxygen atoms in total. The predicted molar refractivity (Wildman–Crippen MR) is 79.4 cm³/mol. The predicted octanol–water partition coefficient (Wildman–Crippen LogP) is 1.38. The second-order valence-corrected chi connectivity index (χ2v) is 6.55. The Labute approximate surface area is 123 Å². The third kappa shape index (κ3) is 2.72. The van der Waals surface area contributed by atoms with Crippen LogP contribution in [-0.4, -0.2) is 37.1 Å². The molecule has 0 aliphatic rings. The van der Waals surface area contributed by atoms with Crippen LogP contribution in [0.5, 0.6) is 5.75 Å². The maximum absolute atomic E-state index is 12.6. The minimum Gasteiger partial charge on any atom is -0.496 e. The van der Waals surface area contributed by atoms with Gasteiger partial charge in [-0.25, -0.2) is 8.42 Å². The van der Waals surface area contributed by atoms with Gasteiger partial charge in [-0.2, -0.15) is 9.40 Å². The number of nitrogens with zero attached hydrogens (tertiary/aromatic N) is 2. The first-order chi connectivity index (χ1) is 9.89. The lowest BCUT2D eigenvalue weighted by molar-refractivity contribution is 0.367. The van der Waals surface area contributed by atoms with Crippen LogP contribution < -0.4 is 10.5 Å². The number of hydrogen-bond acceptors (Lipinski definition) is 5. The van der Waals surface area contributed by atoms with E-state index < -0.39 is 16.1 Å². The summed E-state index contributed by atoms with van der Waals surface area (Å²) in [5, 5.41) is 6.08. The van der Waals surface area contributed by atoms with Crippen LogP contribution in [0.4, 0.5) is 5.82 Å². The molecule has 8 heteroatoms. The summed E-state index contributed by atoms with van der Waals surface area (Å²) in [4.78, 5) is -0.0354. The summed E-state index contributed by atoms with van der Waals surface area (Å²) in [5.74, 6) is 0.654. The van der Waals surface area contributed by atoms with Crippen molar-refractivity contribution in [2.75, 3.05) is 19.9 Å². The van der Waals surface area contributed by atoms with Crippen molar-refractivity contribution < 1.29 is 13.2 Å². The Morgan fingerprint density at radius 2 is 2.05 bits per heavy atom. The first-order valence-corrected chi connectivity index (χ1v) is 7.73. The van der Waals surface area contributed by atoms with Crippen molar-refractivity contribution in [3.8, 4) is 5.75 Å². The van der Waals surface area contributed by atoms with Crippen LogP contribution in [0.1, 0.15) is 18.5 Å². The Morgan fingerprint density at radius 1 is 1.38 bits per heavy atom. The fourth-order valence-electron chi connectivity index (χ4n) is 2.06. The SMILES string of the molecule is COc1ccccc1C(C)N(C)S(=O)(=O)c1cn[nH]c1N. The standard InChI is InChI=1S/C13H18N4O3S/c1-9(10-6-4-5-7-11(10)20-3)17(2)21(18,19)12-8-15-16-13(12)14/h4-9H,1-3H3,(H3,14,15,16). The van der Waals surface area contributed by atoms with E-state index in [1.807, 2.05) is 18.2 Å². The van der Waals surface area contributed by atoms with Gasteiger partial charge >= 0.3 is 0 Å². The molecule has 0 amide bonds. The molecular formula is C13H18N4O3S. The number of anilines is 1. The third-order valence-corrected chi connectivity index (χ3v) is 5.38. The van der Waals surface area contributed by atoms with Crippen molar-refractivity contribution in [2.45, 2.75) is 17.9 Å². The molecule has 2 rings (SSSR count). The van der Waals surface area contributed by atoms with Gasteiger partial charge in [0.2, 0.25) is 10.0 Å². The fraction of sp³-hybridized carbons (Fsp3) is 0.308. The highest BCUT2D eigenvalue weighted by Crippen LogP contribution is 2.32. The lowest BCUT2D eigenvalue weighted by Gasteiger charge is -2.25. The number of aromatic amines is 1. The maximum Gasteiger partial charge on any atom is 0.248 e. The summed E-state index contributed by atoms with van der Waals surface area (Å²) in [6, 6.07) is 6.87. The van der Waals surface area contributed by atoms with E-state index in [2.05, 4.69) is 10.2 Å². The van der Waals surface area contributed by atoms with Crippen LogP contribution in [0.15, 0.2) is 35.4 Å². The van der Waals surface area contributed by atoms with Crippen molar-refractivity contribution in [3.63, 3.8) is 0 Å². The first-order valence-electron chi connectivity index (χ1n) is 6.29. The Morgan fingerprint density at radius 3 is 2.62 bits per heavy atom. The summed E-state index contributed by atoms with van der Waals surface area (Å²) < 4.78 is 31.7. The largest absolute Gasteiger partial charge is 0.496 e. The molecule has 0 spiro atoms. The van der Waals surface area contributed by atoms with Crippen LogP contribution in [0, 0.1) is 0 Å². The second-order valence-electron chi connectivity index (χ2n) is 4.59. The Bertz CT molecular complexity index is 727. The zero-order valence-electron chi connectivity index (χ0n) is 12.1. The molecule has 0 saturated carbocycles. The number of nitrogen functional groups attached to an aromatic ring is 1. The van der Waals surface area contributed by atoms with Gasteiger partial charge in [0.1, 0.15) is 16.5 Å². The molecule has 3 N–H and O–H groups in total. The molecule has 1 unspecified atom stereocenters. The van der Waals surface area contributed by atoms with Gasteiger partial charge in [-0.3, -0.25) is 5.10 Å². The molecule has 2 aromatic rings. The average molecular weight is 310 g/mol. The van der Waals surface area contributed by atoms with E-state index in [4.69, 9.17) is 10.5 Å². The van der Waals surface area contributed by atoms with Gasteiger partial charge in [-0.15, -0.1) is 0 Å². The normalized spacial score (nSPS) is 13.3. The highest BCUT2D eigenvalue weighted by molar-refractivity contribution is 7.89. The summed E-state index contributed by atoms with van der Waals surface area (Å²) >= 11 is 0. The molecule has 0 saturated heterocycles. The quantitative estimate of drug-likeness (QED) is 0.869. The topological polar surface area (TPSA) is 101 Å². The number of ether oxygens (including phenoxy) is 1. The highest BCUT2D eigenvalue weighted by atomic mass is 32.2. The molecule has 21 heavy (non-hydrogen) atoms. The molecular weight excluding hydrogens is 292 g/mol. The second kappa shape index (κ2) is 5.74. The van der Waals surface area contributed by atoms with Crippen LogP contribution in [0.25, 0.3) is 0 Å². The van der Waals surface area contributed by atoms with Crippen LogP contribution in [0.2, 0.25) is 0 Å². The molecule has 1 atom stereocenters. The number of nitrogens with two attached hydrogens (primary N) is 1. The van der Waals surface area contributed by atoms with Crippen molar-refractivity contribution in [3.05, 3.63) is 36.0 Å². The Kier molecular flexibility index (Phi) is 4.19. The Hall–Kier alpha value is -2.06. The van der Waals surface area contributed by atoms with Crippen LogP contribution in [0.3, 0.4) is 0 Å². The van der Waals surface area contributed by atoms with Crippen molar-refractivity contribution in [2.24, 2.45) is 0 Å². The fourth-order valence-corrected chi connectivity index (χ4v) is 3.41. The highest BCUT2D eigenvalue weighted by Gasteiger charge is 2.30. The molecule has 1 heterocycles. The average Bonchev–Trinajstić information content (AvgIpc) is 2.92. The number of benzene rings is 1. The number of nitrogens with one attached hydrogen (secondary N) is 1. The van der Waals surface area contributed by atoms with E-state index >= 15 is 0 Å². The van der Waals surface area contributed by atoms with Crippen molar-refractivity contribution >= 4 is 15.8 Å². The molecule has 0 bridgehead atoms. The van der Waals surface area contributed by atoms with Gasteiger partial charge in [0, 0.05) is 12.6 Å². The van der Waals surface area contributed by atoms with E-state index in [9.17, 15) is 8.42 Å². The monoisotopic (exact) mass is 310 g/mol. The molecule has 0 fully saturated rings. The molecule has 0 aliphatic carbocycles. The third-order valence-electron chi connectivity index (χ3n) is 3.42. The Balaban J connectivity index is 2.40. The number of methoxy groups -OCH3 is 1. The first kappa shape index (κ1) is 15.3. The van der Waals surface area contributed by atoms with Crippen molar-refractivity contribution in [1.29, 1.82) is 0 Å². The number of rotatable bonds is 5. The van der Waals surface area contributed by atoms with E-state index in [0.29, 0.717) is 5.75 Å². The molecule has 0 aliphatic heterocycles. The molecule has 1 aromatic heterocycles. The van der Waals surface area contributed by atoms with Gasteiger partial charge in [0.25, 0.3) is 0 Å². The lowest BCUT2D eigenvalue weighted by Crippen LogP contribution is -2.30. The lowest BCUT2D eigenvalue weighted by atomic mass is 10.1. The number of para-hydroxylation sites is 1.